The van der Waals surface area contributed by atoms with Crippen molar-refractivity contribution in [1.82, 2.24) is 4.98 Å². The zero-order valence-corrected chi connectivity index (χ0v) is 29.0. The molecule has 11 heteroatoms. The first-order chi connectivity index (χ1) is 21.9. The first-order valence-corrected chi connectivity index (χ1v) is 17.6. The Balaban J connectivity index is 1.65. The number of rotatable bonds is 7. The molecule has 0 amide bonds. The lowest BCUT2D eigenvalue weighted by Crippen LogP contribution is -2.45. The SMILES string of the molecule is CC(C)c1nc2c(c(-c3ccc(F)cc3)c1/C=C/[C@@H]1C[C@H](CC(=O)OC(C)(C)C)OC(C)(C)O1)COc1ccccc1N2S(C)(=O)=O. The molecule has 0 bridgehead atoms. The van der Waals surface area contributed by atoms with Gasteiger partial charge in [0.05, 0.1) is 30.6 Å². The molecule has 2 aliphatic rings. The molecule has 2 aliphatic heterocycles. The molecule has 0 spiro atoms. The average molecular weight is 667 g/mol. The summed E-state index contributed by atoms with van der Waals surface area (Å²) >= 11 is 0. The number of carbonyl (C=O) groups is 1. The second-order valence-corrected chi connectivity index (χ2v) is 15.5. The summed E-state index contributed by atoms with van der Waals surface area (Å²) < 4.78 is 66.3. The van der Waals surface area contributed by atoms with E-state index in [0.29, 0.717) is 40.2 Å². The molecule has 0 radical (unpaired) electrons. The molecule has 0 unspecified atom stereocenters. The average Bonchev–Trinajstić information content (AvgIpc) is 3.10. The molecular formula is C36H43FN2O7S. The van der Waals surface area contributed by atoms with Crippen molar-refractivity contribution >= 4 is 33.6 Å². The van der Waals surface area contributed by atoms with Gasteiger partial charge in [-0.15, -0.1) is 0 Å². The van der Waals surface area contributed by atoms with Crippen molar-refractivity contribution in [3.63, 3.8) is 0 Å². The highest BCUT2D eigenvalue weighted by Gasteiger charge is 2.37. The zero-order chi connectivity index (χ0) is 34.3. The topological polar surface area (TPSA) is 104 Å². The summed E-state index contributed by atoms with van der Waals surface area (Å²) in [5.74, 6) is -1.22. The van der Waals surface area contributed by atoms with E-state index in [1.54, 1.807) is 50.2 Å². The molecule has 1 aromatic heterocycles. The minimum Gasteiger partial charge on any atom is -0.487 e. The number of carbonyl (C=O) groups excluding carboxylic acids is 1. The maximum atomic E-state index is 14.2. The molecule has 1 saturated heterocycles. The zero-order valence-electron chi connectivity index (χ0n) is 28.2. The summed E-state index contributed by atoms with van der Waals surface area (Å²) in [5, 5.41) is 0. The van der Waals surface area contributed by atoms with E-state index in [-0.39, 0.29) is 30.7 Å². The van der Waals surface area contributed by atoms with Crippen molar-refractivity contribution in [1.29, 1.82) is 0 Å². The summed E-state index contributed by atoms with van der Waals surface area (Å²) in [6.07, 6.45) is 4.57. The van der Waals surface area contributed by atoms with Crippen LogP contribution in [0.25, 0.3) is 17.2 Å². The third-order valence-corrected chi connectivity index (χ3v) is 8.71. The van der Waals surface area contributed by atoms with Gasteiger partial charge in [-0.2, -0.15) is 0 Å². The van der Waals surface area contributed by atoms with E-state index in [1.807, 2.05) is 46.8 Å². The normalized spacial score (nSPS) is 19.6. The lowest BCUT2D eigenvalue weighted by Gasteiger charge is -2.40. The second kappa shape index (κ2) is 13.0. The number of hydrogen-bond donors (Lipinski definition) is 0. The Bertz CT molecular complexity index is 1780. The molecule has 0 N–H and O–H groups in total. The van der Waals surface area contributed by atoms with Crippen LogP contribution in [-0.4, -0.2) is 49.2 Å². The number of aromatic nitrogens is 1. The van der Waals surface area contributed by atoms with Crippen LogP contribution in [0.1, 0.15) is 84.0 Å². The van der Waals surface area contributed by atoms with Crippen molar-refractivity contribution in [2.75, 3.05) is 10.6 Å². The van der Waals surface area contributed by atoms with E-state index in [9.17, 15) is 17.6 Å². The molecule has 3 heterocycles. The number of fused-ring (bicyclic) bond motifs is 2. The van der Waals surface area contributed by atoms with Gasteiger partial charge in [0.15, 0.2) is 11.6 Å². The number of sulfonamides is 1. The summed E-state index contributed by atoms with van der Waals surface area (Å²) in [6, 6.07) is 13.0. The minimum atomic E-state index is -3.87. The third kappa shape index (κ3) is 8.02. The van der Waals surface area contributed by atoms with E-state index in [2.05, 4.69) is 0 Å². The van der Waals surface area contributed by atoms with E-state index in [1.165, 1.54) is 16.4 Å². The number of halogens is 1. The van der Waals surface area contributed by atoms with E-state index >= 15 is 0 Å². The van der Waals surface area contributed by atoms with Gasteiger partial charge in [-0.25, -0.2) is 22.1 Å². The number of nitrogens with zero attached hydrogens (tertiary/aromatic N) is 2. The van der Waals surface area contributed by atoms with Gasteiger partial charge in [-0.1, -0.05) is 50.3 Å². The highest BCUT2D eigenvalue weighted by molar-refractivity contribution is 7.92. The fourth-order valence-electron chi connectivity index (χ4n) is 6.02. The lowest BCUT2D eigenvalue weighted by atomic mass is 9.90. The fraction of sp³-hybridized carbons (Fsp3) is 0.444. The molecule has 47 heavy (non-hydrogen) atoms. The van der Waals surface area contributed by atoms with Gasteiger partial charge in [0.1, 0.15) is 29.5 Å². The highest BCUT2D eigenvalue weighted by atomic mass is 32.2. The first kappa shape index (κ1) is 34.5. The summed E-state index contributed by atoms with van der Waals surface area (Å²) in [4.78, 5) is 17.7. The molecule has 9 nitrogen and oxygen atoms in total. The smallest absolute Gasteiger partial charge is 0.308 e. The quantitative estimate of drug-likeness (QED) is 0.237. The van der Waals surface area contributed by atoms with Crippen molar-refractivity contribution in [2.24, 2.45) is 0 Å². The number of anilines is 2. The van der Waals surface area contributed by atoms with Gasteiger partial charge in [0.2, 0.25) is 10.0 Å². The van der Waals surface area contributed by atoms with Crippen LogP contribution in [0, 0.1) is 5.82 Å². The fourth-order valence-corrected chi connectivity index (χ4v) is 6.99. The van der Waals surface area contributed by atoms with Gasteiger partial charge in [-0.3, -0.25) is 4.79 Å². The Labute approximate surface area is 276 Å². The molecule has 2 aromatic carbocycles. The number of ether oxygens (including phenoxy) is 4. The van der Waals surface area contributed by atoms with E-state index < -0.39 is 39.4 Å². The lowest BCUT2D eigenvalue weighted by molar-refractivity contribution is -0.290. The molecule has 252 valence electrons. The summed E-state index contributed by atoms with van der Waals surface area (Å²) in [7, 11) is -3.87. The number of para-hydroxylation sites is 2. The van der Waals surface area contributed by atoms with E-state index in [0.717, 1.165) is 11.8 Å². The Morgan fingerprint density at radius 2 is 1.81 bits per heavy atom. The molecular weight excluding hydrogens is 623 g/mol. The molecule has 1 fully saturated rings. The molecule has 0 saturated carbocycles. The van der Waals surface area contributed by atoms with Gasteiger partial charge in [0, 0.05) is 23.1 Å². The number of esters is 1. The molecule has 3 aromatic rings. The highest BCUT2D eigenvalue weighted by Crippen LogP contribution is 2.46. The Kier molecular flexibility index (Phi) is 9.56. The Morgan fingerprint density at radius 1 is 1.13 bits per heavy atom. The van der Waals surface area contributed by atoms with Crippen LogP contribution in [0.2, 0.25) is 0 Å². The van der Waals surface area contributed by atoms with Crippen molar-refractivity contribution in [2.45, 2.75) is 97.4 Å². The van der Waals surface area contributed by atoms with Crippen LogP contribution in [-0.2, 0) is 35.6 Å². The summed E-state index contributed by atoms with van der Waals surface area (Å²) in [6.45, 7) is 13.1. The standard InChI is InChI=1S/C36H43FN2O7S/c1-22(2)33-27(18-17-25-19-26(45-36(6,7)44-25)20-31(40)46-35(3,4)5)32(23-13-15-24(37)16-14-23)28-21-43-30-12-10-9-11-29(30)39(34(28)38-33)47(8,41)42/h9-18,22,25-26H,19-21H2,1-8H3/b18-17+/t25-,26-/m1/s1. The van der Waals surface area contributed by atoms with E-state index in [4.69, 9.17) is 23.9 Å². The van der Waals surface area contributed by atoms with Crippen LogP contribution in [0.5, 0.6) is 5.75 Å². The van der Waals surface area contributed by atoms with Gasteiger partial charge in [0.25, 0.3) is 0 Å². The van der Waals surface area contributed by atoms with Gasteiger partial charge < -0.3 is 18.9 Å². The van der Waals surface area contributed by atoms with Crippen LogP contribution >= 0.6 is 0 Å². The second-order valence-electron chi connectivity index (χ2n) is 13.7. The maximum Gasteiger partial charge on any atom is 0.308 e. The monoisotopic (exact) mass is 666 g/mol. The third-order valence-electron chi connectivity index (χ3n) is 7.68. The van der Waals surface area contributed by atoms with Crippen LogP contribution in [0.15, 0.2) is 54.6 Å². The molecule has 2 atom stereocenters. The number of benzene rings is 2. The largest absolute Gasteiger partial charge is 0.487 e. The van der Waals surface area contributed by atoms with Crippen LogP contribution in [0.3, 0.4) is 0 Å². The predicted octanol–water partition coefficient (Wildman–Crippen LogP) is 7.66. The van der Waals surface area contributed by atoms with Gasteiger partial charge >= 0.3 is 5.97 Å². The van der Waals surface area contributed by atoms with Crippen molar-refractivity contribution in [3.8, 4) is 16.9 Å². The summed E-state index contributed by atoms with van der Waals surface area (Å²) in [5.41, 5.74) is 3.00. The van der Waals surface area contributed by atoms with Crippen molar-refractivity contribution < 1.29 is 36.6 Å². The van der Waals surface area contributed by atoms with Crippen LogP contribution in [0.4, 0.5) is 15.9 Å². The minimum absolute atomic E-state index is 0.0239. The Hall–Kier alpha value is -3.80. The maximum absolute atomic E-state index is 14.2. The predicted molar refractivity (Wildman–Crippen MR) is 179 cm³/mol. The molecule has 0 aliphatic carbocycles. The van der Waals surface area contributed by atoms with Gasteiger partial charge in [-0.05, 0) is 70.4 Å². The molecule has 5 rings (SSSR count). The van der Waals surface area contributed by atoms with Crippen molar-refractivity contribution in [3.05, 3.63) is 77.2 Å². The first-order valence-electron chi connectivity index (χ1n) is 15.7. The number of pyridine rings is 1. The Morgan fingerprint density at radius 3 is 2.45 bits per heavy atom. The van der Waals surface area contributed by atoms with Crippen LogP contribution < -0.4 is 9.04 Å². The number of hydrogen-bond acceptors (Lipinski definition) is 8.